The maximum absolute atomic E-state index is 10.9. The lowest BCUT2D eigenvalue weighted by Gasteiger charge is -2.19. The van der Waals surface area contributed by atoms with Gasteiger partial charge in [-0.05, 0) is 24.5 Å². The predicted molar refractivity (Wildman–Crippen MR) is 70.2 cm³/mol. The van der Waals surface area contributed by atoms with Crippen molar-refractivity contribution in [2.24, 2.45) is 5.92 Å². The summed E-state index contributed by atoms with van der Waals surface area (Å²) in [5, 5.41) is 21.2. The molecular formula is C12H17ClN2O3. The molecule has 0 radical (unpaired) electrons. The first-order chi connectivity index (χ1) is 8.42. The van der Waals surface area contributed by atoms with Gasteiger partial charge in [0.2, 0.25) is 0 Å². The summed E-state index contributed by atoms with van der Waals surface area (Å²) in [6.45, 7) is 4.03. The fourth-order valence-electron chi connectivity index (χ4n) is 1.65. The Morgan fingerprint density at radius 1 is 1.50 bits per heavy atom. The highest BCUT2D eigenvalue weighted by atomic mass is 35.5. The normalized spacial score (nSPS) is 12.5. The molecule has 18 heavy (non-hydrogen) atoms. The maximum atomic E-state index is 10.9. The molecule has 1 rings (SSSR count). The number of pyridine rings is 1. The van der Waals surface area contributed by atoms with Crippen LogP contribution in [0.15, 0.2) is 12.1 Å². The first-order valence-electron chi connectivity index (χ1n) is 5.70. The van der Waals surface area contributed by atoms with Crippen LogP contribution in [0, 0.1) is 5.92 Å². The molecule has 0 spiro atoms. The van der Waals surface area contributed by atoms with Gasteiger partial charge in [0.25, 0.3) is 0 Å². The zero-order chi connectivity index (χ0) is 13.7. The summed E-state index contributed by atoms with van der Waals surface area (Å²) >= 11 is 5.75. The molecule has 5 nitrogen and oxygen atoms in total. The van der Waals surface area contributed by atoms with Crippen LogP contribution in [-0.2, 0) is 0 Å². The minimum Gasteiger partial charge on any atom is -0.478 e. The Morgan fingerprint density at radius 2 is 2.17 bits per heavy atom. The van der Waals surface area contributed by atoms with E-state index in [9.17, 15) is 9.90 Å². The molecular weight excluding hydrogens is 256 g/mol. The Labute approximate surface area is 111 Å². The molecule has 0 fully saturated rings. The molecule has 0 aliphatic rings. The number of aliphatic hydroxyl groups is 1. The van der Waals surface area contributed by atoms with E-state index >= 15 is 0 Å². The van der Waals surface area contributed by atoms with Gasteiger partial charge in [-0.15, -0.1) is 0 Å². The first kappa shape index (κ1) is 14.7. The van der Waals surface area contributed by atoms with Crippen LogP contribution in [0.1, 0.15) is 30.6 Å². The molecule has 0 amide bonds. The molecule has 6 heteroatoms. The number of anilines is 1. The SMILES string of the molecule is CC(C)CC(CO)Nc1cc(C(=O)O)cc(Cl)n1. The number of halogens is 1. The second-order valence-corrected chi connectivity index (χ2v) is 4.91. The topological polar surface area (TPSA) is 82.5 Å². The van der Waals surface area contributed by atoms with Crippen LogP contribution < -0.4 is 5.32 Å². The third kappa shape index (κ3) is 4.50. The number of nitrogens with one attached hydrogen (secondary N) is 1. The molecule has 1 unspecified atom stereocenters. The van der Waals surface area contributed by atoms with Crippen LogP contribution in [0.25, 0.3) is 0 Å². The Bertz CT molecular complexity index is 424. The quantitative estimate of drug-likeness (QED) is 0.692. The van der Waals surface area contributed by atoms with E-state index in [1.165, 1.54) is 12.1 Å². The number of carboxylic acid groups (broad SMARTS) is 1. The molecule has 0 aliphatic heterocycles. The van der Waals surface area contributed by atoms with Crippen molar-refractivity contribution in [1.82, 2.24) is 4.98 Å². The van der Waals surface area contributed by atoms with Gasteiger partial charge in [-0.25, -0.2) is 9.78 Å². The summed E-state index contributed by atoms with van der Waals surface area (Å²) in [5.41, 5.74) is 0.0683. The standard InChI is InChI=1S/C12H17ClN2O3/c1-7(2)3-9(6-16)14-11-5-8(12(17)18)4-10(13)15-11/h4-5,7,9,16H,3,6H2,1-2H3,(H,14,15)(H,17,18). The van der Waals surface area contributed by atoms with Crippen molar-refractivity contribution >= 4 is 23.4 Å². The molecule has 0 aliphatic carbocycles. The summed E-state index contributed by atoms with van der Waals surface area (Å²) in [5.74, 6) is -0.292. The zero-order valence-corrected chi connectivity index (χ0v) is 11.1. The summed E-state index contributed by atoms with van der Waals surface area (Å²) in [6, 6.07) is 2.51. The predicted octanol–water partition coefficient (Wildman–Crippen LogP) is 2.25. The van der Waals surface area contributed by atoms with Crippen molar-refractivity contribution in [3.05, 3.63) is 22.8 Å². The van der Waals surface area contributed by atoms with Crippen molar-refractivity contribution in [1.29, 1.82) is 0 Å². The largest absolute Gasteiger partial charge is 0.478 e. The molecule has 1 aromatic rings. The number of nitrogens with zero attached hydrogens (tertiary/aromatic N) is 1. The highest BCUT2D eigenvalue weighted by Gasteiger charge is 2.13. The lowest BCUT2D eigenvalue weighted by atomic mass is 10.0. The maximum Gasteiger partial charge on any atom is 0.335 e. The molecule has 1 aromatic heterocycles. The third-order valence-corrected chi connectivity index (χ3v) is 2.56. The van der Waals surface area contributed by atoms with Crippen molar-refractivity contribution in [3.63, 3.8) is 0 Å². The van der Waals surface area contributed by atoms with Gasteiger partial charge < -0.3 is 15.5 Å². The average Bonchev–Trinajstić information content (AvgIpc) is 2.26. The van der Waals surface area contributed by atoms with Crippen LogP contribution in [-0.4, -0.2) is 33.8 Å². The minimum atomic E-state index is -1.06. The van der Waals surface area contributed by atoms with E-state index < -0.39 is 5.97 Å². The van der Waals surface area contributed by atoms with Gasteiger partial charge in [0, 0.05) is 0 Å². The zero-order valence-electron chi connectivity index (χ0n) is 10.4. The van der Waals surface area contributed by atoms with Gasteiger partial charge in [0.05, 0.1) is 18.2 Å². The molecule has 1 heterocycles. The molecule has 0 saturated heterocycles. The second-order valence-electron chi connectivity index (χ2n) is 4.52. The minimum absolute atomic E-state index is 0.0468. The lowest BCUT2D eigenvalue weighted by molar-refractivity contribution is 0.0697. The van der Waals surface area contributed by atoms with Crippen LogP contribution in [0.4, 0.5) is 5.82 Å². The van der Waals surface area contributed by atoms with E-state index in [-0.39, 0.29) is 23.4 Å². The first-order valence-corrected chi connectivity index (χ1v) is 6.08. The van der Waals surface area contributed by atoms with Crippen molar-refractivity contribution in [3.8, 4) is 0 Å². The van der Waals surface area contributed by atoms with Gasteiger partial charge in [-0.1, -0.05) is 25.4 Å². The molecule has 0 saturated carbocycles. The number of aliphatic hydroxyl groups excluding tert-OH is 1. The van der Waals surface area contributed by atoms with E-state index in [2.05, 4.69) is 10.3 Å². The number of hydrogen-bond acceptors (Lipinski definition) is 4. The number of hydrogen-bond donors (Lipinski definition) is 3. The fraction of sp³-hybridized carbons (Fsp3) is 0.500. The number of aromatic nitrogens is 1. The van der Waals surface area contributed by atoms with Crippen molar-refractivity contribution < 1.29 is 15.0 Å². The number of rotatable bonds is 6. The third-order valence-electron chi connectivity index (χ3n) is 2.37. The number of aromatic carboxylic acids is 1. The molecule has 0 bridgehead atoms. The Balaban J connectivity index is 2.85. The highest BCUT2D eigenvalue weighted by molar-refractivity contribution is 6.29. The fourth-order valence-corrected chi connectivity index (χ4v) is 1.86. The summed E-state index contributed by atoms with van der Waals surface area (Å²) in [6.07, 6.45) is 0.757. The van der Waals surface area contributed by atoms with E-state index in [1.54, 1.807) is 0 Å². The van der Waals surface area contributed by atoms with E-state index in [0.717, 1.165) is 6.42 Å². The van der Waals surface area contributed by atoms with Gasteiger partial charge in [-0.2, -0.15) is 0 Å². The van der Waals surface area contributed by atoms with Crippen LogP contribution >= 0.6 is 11.6 Å². The summed E-state index contributed by atoms with van der Waals surface area (Å²) in [7, 11) is 0. The number of carboxylic acids is 1. The van der Waals surface area contributed by atoms with Crippen LogP contribution in [0.3, 0.4) is 0 Å². The molecule has 1 atom stereocenters. The van der Waals surface area contributed by atoms with E-state index in [4.69, 9.17) is 16.7 Å². The smallest absolute Gasteiger partial charge is 0.335 e. The molecule has 3 N–H and O–H groups in total. The summed E-state index contributed by atoms with van der Waals surface area (Å²) < 4.78 is 0. The number of carbonyl (C=O) groups is 1. The van der Waals surface area contributed by atoms with E-state index in [1.807, 2.05) is 13.8 Å². The molecule has 100 valence electrons. The molecule has 0 aromatic carbocycles. The van der Waals surface area contributed by atoms with Gasteiger partial charge in [0.15, 0.2) is 0 Å². The average molecular weight is 273 g/mol. The van der Waals surface area contributed by atoms with Gasteiger partial charge in [-0.3, -0.25) is 0 Å². The van der Waals surface area contributed by atoms with Crippen LogP contribution in [0.5, 0.6) is 0 Å². The Morgan fingerprint density at radius 3 is 2.67 bits per heavy atom. The summed E-state index contributed by atoms with van der Waals surface area (Å²) in [4.78, 5) is 14.9. The van der Waals surface area contributed by atoms with Gasteiger partial charge in [0.1, 0.15) is 11.0 Å². The highest BCUT2D eigenvalue weighted by Crippen LogP contribution is 2.17. The van der Waals surface area contributed by atoms with Gasteiger partial charge >= 0.3 is 5.97 Å². The lowest BCUT2D eigenvalue weighted by Crippen LogP contribution is -2.26. The van der Waals surface area contributed by atoms with Crippen LogP contribution in [0.2, 0.25) is 5.15 Å². The van der Waals surface area contributed by atoms with Crippen molar-refractivity contribution in [2.75, 3.05) is 11.9 Å². The monoisotopic (exact) mass is 272 g/mol. The Hall–Kier alpha value is -1.33. The van der Waals surface area contributed by atoms with E-state index in [0.29, 0.717) is 11.7 Å². The second kappa shape index (κ2) is 6.56. The Kier molecular flexibility index (Phi) is 5.37. The van der Waals surface area contributed by atoms with Crippen molar-refractivity contribution in [2.45, 2.75) is 26.3 Å².